The van der Waals surface area contributed by atoms with Crippen LogP contribution < -0.4 is 0 Å². The molecule has 1 aromatic heterocycles. The van der Waals surface area contributed by atoms with E-state index in [1.165, 1.54) is 30.5 Å². The number of aliphatic hydroxyl groups excluding tert-OH is 1. The first-order chi connectivity index (χ1) is 9.97. The highest BCUT2D eigenvalue weighted by atomic mass is 19.1. The summed E-state index contributed by atoms with van der Waals surface area (Å²) < 4.78 is 18.3. The van der Waals surface area contributed by atoms with Crippen molar-refractivity contribution in [1.82, 2.24) is 0 Å². The van der Waals surface area contributed by atoms with Gasteiger partial charge in [-0.3, -0.25) is 4.79 Å². The van der Waals surface area contributed by atoms with Gasteiger partial charge in [0.25, 0.3) is 0 Å². The quantitative estimate of drug-likeness (QED) is 0.502. The zero-order valence-electron chi connectivity index (χ0n) is 10.7. The summed E-state index contributed by atoms with van der Waals surface area (Å²) in [7, 11) is 0. The Morgan fingerprint density at radius 1 is 1.24 bits per heavy atom. The van der Waals surface area contributed by atoms with Crippen molar-refractivity contribution < 1.29 is 28.6 Å². The van der Waals surface area contributed by atoms with Crippen LogP contribution in [0.5, 0.6) is 0 Å². The Balaban J connectivity index is 2.25. The number of halogens is 1. The van der Waals surface area contributed by atoms with Crippen LogP contribution in [0.2, 0.25) is 0 Å². The van der Waals surface area contributed by atoms with Gasteiger partial charge in [-0.25, -0.2) is 9.18 Å². The molecule has 0 aliphatic rings. The average Bonchev–Trinajstić information content (AvgIpc) is 2.86. The van der Waals surface area contributed by atoms with Gasteiger partial charge in [-0.2, -0.15) is 0 Å². The van der Waals surface area contributed by atoms with Crippen molar-refractivity contribution in [2.45, 2.75) is 6.42 Å². The maximum absolute atomic E-state index is 13.1. The lowest BCUT2D eigenvalue weighted by Gasteiger charge is -2.01. The van der Waals surface area contributed by atoms with Crippen molar-refractivity contribution in [3.8, 4) is 0 Å². The van der Waals surface area contributed by atoms with Gasteiger partial charge < -0.3 is 14.6 Å². The molecular formula is C15H11FO5. The number of ketones is 1. The van der Waals surface area contributed by atoms with E-state index in [-0.39, 0.29) is 17.7 Å². The van der Waals surface area contributed by atoms with E-state index >= 15 is 0 Å². The first kappa shape index (κ1) is 14.5. The number of carbonyl (C=O) groups excluding carboxylic acids is 1. The molecule has 0 unspecified atom stereocenters. The summed E-state index contributed by atoms with van der Waals surface area (Å²) in [5.41, 5.74) is 0.720. The van der Waals surface area contributed by atoms with E-state index in [9.17, 15) is 14.0 Å². The normalized spacial score (nSPS) is 11.4. The van der Waals surface area contributed by atoms with Gasteiger partial charge in [-0.05, 0) is 23.8 Å². The fourth-order valence-electron chi connectivity index (χ4n) is 1.79. The molecule has 0 aliphatic carbocycles. The van der Waals surface area contributed by atoms with E-state index in [0.717, 1.165) is 0 Å². The minimum absolute atomic E-state index is 0.118. The maximum atomic E-state index is 13.1. The molecule has 1 aromatic carbocycles. The number of furan rings is 1. The molecule has 5 nitrogen and oxygen atoms in total. The van der Waals surface area contributed by atoms with Crippen LogP contribution in [0.3, 0.4) is 0 Å². The van der Waals surface area contributed by atoms with Gasteiger partial charge in [0.05, 0.1) is 11.8 Å². The van der Waals surface area contributed by atoms with Crippen LogP contribution in [-0.4, -0.2) is 22.0 Å². The minimum atomic E-state index is -1.60. The molecule has 2 aromatic rings. The second-order valence-electron chi connectivity index (χ2n) is 4.26. The summed E-state index contributed by atoms with van der Waals surface area (Å²) in [6.07, 6.45) is 2.04. The van der Waals surface area contributed by atoms with Gasteiger partial charge in [-0.15, -0.1) is 0 Å². The van der Waals surface area contributed by atoms with E-state index in [4.69, 9.17) is 14.6 Å². The lowest BCUT2D eigenvalue weighted by molar-refractivity contribution is -0.135. The number of benzene rings is 1. The van der Waals surface area contributed by atoms with Crippen molar-refractivity contribution in [1.29, 1.82) is 0 Å². The van der Waals surface area contributed by atoms with E-state index < -0.39 is 23.3 Å². The standard InChI is InChI=1S/C15H11FO5/c16-10-3-1-2-9(6-10)7-14-11(4-5-21-14)12(17)8-13(18)15(19)20/h1-6,8,18H,7H2,(H,19,20)/b13-8-. The largest absolute Gasteiger partial charge is 0.502 e. The van der Waals surface area contributed by atoms with Crippen LogP contribution in [0, 0.1) is 5.82 Å². The summed E-state index contributed by atoms with van der Waals surface area (Å²) in [6, 6.07) is 7.17. The summed E-state index contributed by atoms with van der Waals surface area (Å²) in [4.78, 5) is 22.3. The molecule has 21 heavy (non-hydrogen) atoms. The van der Waals surface area contributed by atoms with Crippen LogP contribution in [0.25, 0.3) is 0 Å². The Hall–Kier alpha value is -2.89. The molecule has 6 heteroatoms. The highest BCUT2D eigenvalue weighted by Crippen LogP contribution is 2.18. The fourth-order valence-corrected chi connectivity index (χ4v) is 1.79. The third-order valence-corrected chi connectivity index (χ3v) is 2.75. The van der Waals surface area contributed by atoms with Crippen LogP contribution >= 0.6 is 0 Å². The number of carboxylic acid groups (broad SMARTS) is 1. The summed E-state index contributed by atoms with van der Waals surface area (Å²) in [5, 5.41) is 17.6. The Labute approximate surface area is 118 Å². The Morgan fingerprint density at radius 3 is 2.67 bits per heavy atom. The minimum Gasteiger partial charge on any atom is -0.502 e. The van der Waals surface area contributed by atoms with Gasteiger partial charge in [0.15, 0.2) is 5.78 Å². The lowest BCUT2D eigenvalue weighted by atomic mass is 10.0. The van der Waals surface area contributed by atoms with Gasteiger partial charge in [0.1, 0.15) is 11.6 Å². The van der Waals surface area contributed by atoms with Crippen LogP contribution in [-0.2, 0) is 11.2 Å². The van der Waals surface area contributed by atoms with Crippen molar-refractivity contribution in [2.24, 2.45) is 0 Å². The van der Waals surface area contributed by atoms with Crippen molar-refractivity contribution >= 4 is 11.8 Å². The predicted molar refractivity (Wildman–Crippen MR) is 70.6 cm³/mol. The Morgan fingerprint density at radius 2 is 2.00 bits per heavy atom. The molecule has 108 valence electrons. The van der Waals surface area contributed by atoms with Crippen LogP contribution in [0.1, 0.15) is 21.7 Å². The smallest absolute Gasteiger partial charge is 0.371 e. The number of hydrogen-bond donors (Lipinski definition) is 2. The van der Waals surface area contributed by atoms with Gasteiger partial charge in [-0.1, -0.05) is 12.1 Å². The van der Waals surface area contributed by atoms with E-state index in [1.54, 1.807) is 6.07 Å². The molecule has 1 heterocycles. The highest BCUT2D eigenvalue weighted by Gasteiger charge is 2.16. The number of carboxylic acids is 1. The van der Waals surface area contributed by atoms with Crippen LogP contribution in [0.15, 0.2) is 52.8 Å². The lowest BCUT2D eigenvalue weighted by Crippen LogP contribution is -2.05. The molecule has 0 saturated carbocycles. The maximum Gasteiger partial charge on any atom is 0.371 e. The predicted octanol–water partition coefficient (Wildman–Crippen LogP) is 2.72. The Bertz CT molecular complexity index is 714. The molecule has 2 N–H and O–H groups in total. The molecule has 0 bridgehead atoms. The summed E-state index contributed by atoms with van der Waals surface area (Å²) in [5.74, 6) is -3.50. The number of allylic oxidation sites excluding steroid dienone is 1. The average molecular weight is 290 g/mol. The number of aliphatic carboxylic acids is 1. The molecule has 0 amide bonds. The highest BCUT2D eigenvalue weighted by molar-refractivity contribution is 6.08. The van der Waals surface area contributed by atoms with Gasteiger partial charge in [0, 0.05) is 12.5 Å². The first-order valence-corrected chi connectivity index (χ1v) is 5.96. The van der Waals surface area contributed by atoms with Crippen LogP contribution in [0.4, 0.5) is 4.39 Å². The summed E-state index contributed by atoms with van der Waals surface area (Å²) >= 11 is 0. The van der Waals surface area contributed by atoms with Gasteiger partial charge >= 0.3 is 5.97 Å². The molecule has 0 saturated heterocycles. The van der Waals surface area contributed by atoms with Crippen molar-refractivity contribution in [3.05, 3.63) is 71.1 Å². The third kappa shape index (κ3) is 3.56. The molecule has 2 rings (SSSR count). The summed E-state index contributed by atoms with van der Waals surface area (Å²) in [6.45, 7) is 0. The molecule has 0 aliphatic heterocycles. The fraction of sp³-hybridized carbons (Fsp3) is 0.0667. The van der Waals surface area contributed by atoms with E-state index in [2.05, 4.69) is 0 Å². The molecule has 0 atom stereocenters. The first-order valence-electron chi connectivity index (χ1n) is 5.96. The SMILES string of the molecule is O=C(O)/C(O)=C/C(=O)c1ccoc1Cc1cccc(F)c1. The zero-order valence-corrected chi connectivity index (χ0v) is 10.7. The second-order valence-corrected chi connectivity index (χ2v) is 4.26. The molecule has 0 radical (unpaired) electrons. The zero-order chi connectivity index (χ0) is 15.4. The van der Waals surface area contributed by atoms with Crippen molar-refractivity contribution in [2.75, 3.05) is 0 Å². The monoisotopic (exact) mass is 290 g/mol. The number of aliphatic hydroxyl groups is 1. The van der Waals surface area contributed by atoms with Crippen molar-refractivity contribution in [3.63, 3.8) is 0 Å². The number of carbonyl (C=O) groups is 2. The molecule has 0 fully saturated rings. The van der Waals surface area contributed by atoms with Gasteiger partial charge in [0.2, 0.25) is 5.76 Å². The molecular weight excluding hydrogens is 279 g/mol. The van der Waals surface area contributed by atoms with E-state index in [1.807, 2.05) is 0 Å². The second kappa shape index (κ2) is 6.04. The number of hydrogen-bond acceptors (Lipinski definition) is 4. The number of rotatable bonds is 5. The Kier molecular flexibility index (Phi) is 4.18. The third-order valence-electron chi connectivity index (χ3n) is 2.75. The molecule has 0 spiro atoms. The van der Waals surface area contributed by atoms with E-state index in [0.29, 0.717) is 11.6 Å². The topological polar surface area (TPSA) is 87.7 Å².